The summed E-state index contributed by atoms with van der Waals surface area (Å²) in [6.07, 6.45) is -0.155. The van der Waals surface area contributed by atoms with Crippen molar-refractivity contribution in [3.63, 3.8) is 0 Å². The van der Waals surface area contributed by atoms with Crippen LogP contribution in [0.3, 0.4) is 0 Å². The molecule has 5 nitrogen and oxygen atoms in total. The fraction of sp³-hybridized carbons (Fsp3) is 0.900. The highest BCUT2D eigenvalue weighted by Gasteiger charge is 2.28. The number of nitrogens with zero attached hydrogens (tertiary/aromatic N) is 2. The minimum atomic E-state index is -0.155. The van der Waals surface area contributed by atoms with Crippen LogP contribution in [0.4, 0.5) is 4.79 Å². The third kappa shape index (κ3) is 2.60. The lowest BCUT2D eigenvalue weighted by atomic mass is 10.2. The largest absolute Gasteiger partial charge is 0.448 e. The molecule has 2 fully saturated rings. The number of rotatable bonds is 3. The van der Waals surface area contributed by atoms with Gasteiger partial charge in [0.1, 0.15) is 6.61 Å². The molecule has 0 aliphatic carbocycles. The molecule has 1 amide bonds. The molecule has 0 aromatic carbocycles. The molecular weight excluding hydrogens is 194 g/mol. The third-order valence-corrected chi connectivity index (χ3v) is 3.06. The molecule has 2 aliphatic rings. The van der Waals surface area contributed by atoms with Gasteiger partial charge in [-0.15, -0.1) is 0 Å². The minimum absolute atomic E-state index is 0.155. The second kappa shape index (κ2) is 4.81. The van der Waals surface area contributed by atoms with Crippen LogP contribution in [0.25, 0.3) is 0 Å². The van der Waals surface area contributed by atoms with E-state index in [0.717, 1.165) is 39.3 Å². The van der Waals surface area contributed by atoms with E-state index in [9.17, 15) is 4.79 Å². The van der Waals surface area contributed by atoms with Gasteiger partial charge in [-0.05, 0) is 6.92 Å². The highest BCUT2D eigenvalue weighted by atomic mass is 16.6. The third-order valence-electron chi connectivity index (χ3n) is 3.06. The minimum Gasteiger partial charge on any atom is -0.448 e. The topological polar surface area (TPSA) is 44.8 Å². The maximum absolute atomic E-state index is 11.3. The van der Waals surface area contributed by atoms with Crippen LogP contribution in [0, 0.1) is 0 Å². The monoisotopic (exact) mass is 213 g/mol. The number of carbonyl (C=O) groups excluding carboxylic acids is 1. The lowest BCUT2D eigenvalue weighted by Crippen LogP contribution is -2.49. The molecule has 5 heteroatoms. The molecule has 2 aliphatic heterocycles. The molecule has 0 radical (unpaired) electrons. The second-order valence-corrected chi connectivity index (χ2v) is 4.21. The van der Waals surface area contributed by atoms with E-state index in [-0.39, 0.29) is 12.1 Å². The van der Waals surface area contributed by atoms with Crippen molar-refractivity contribution in [2.45, 2.75) is 13.0 Å². The molecule has 1 unspecified atom stereocenters. The zero-order valence-corrected chi connectivity index (χ0v) is 9.24. The number of amides is 1. The van der Waals surface area contributed by atoms with Crippen LogP contribution in [0.1, 0.15) is 6.92 Å². The fourth-order valence-electron chi connectivity index (χ4n) is 2.17. The van der Waals surface area contributed by atoms with Gasteiger partial charge in [0, 0.05) is 38.8 Å². The predicted molar refractivity (Wildman–Crippen MR) is 56.8 cm³/mol. The molecule has 2 heterocycles. The van der Waals surface area contributed by atoms with Crippen LogP contribution in [-0.2, 0) is 4.74 Å². The Kier molecular flexibility index (Phi) is 3.43. The van der Waals surface area contributed by atoms with Crippen LogP contribution in [0.5, 0.6) is 0 Å². The fourth-order valence-corrected chi connectivity index (χ4v) is 2.17. The smallest absolute Gasteiger partial charge is 0.410 e. The number of carbonyl (C=O) groups is 1. The Balaban J connectivity index is 1.80. The number of hydrogen-bond acceptors (Lipinski definition) is 4. The molecule has 0 aromatic rings. The van der Waals surface area contributed by atoms with Crippen molar-refractivity contribution in [2.24, 2.45) is 0 Å². The SMILES string of the molecule is CC(CN1CCNCC1)N1CCOC1=O. The molecule has 2 rings (SSSR count). The van der Waals surface area contributed by atoms with Gasteiger partial charge in [-0.3, -0.25) is 4.90 Å². The van der Waals surface area contributed by atoms with Gasteiger partial charge in [0.05, 0.1) is 6.54 Å². The number of ether oxygens (including phenoxy) is 1. The molecule has 1 N–H and O–H groups in total. The molecule has 86 valence electrons. The van der Waals surface area contributed by atoms with Crippen LogP contribution >= 0.6 is 0 Å². The zero-order chi connectivity index (χ0) is 10.7. The van der Waals surface area contributed by atoms with Crippen molar-refractivity contribution >= 4 is 6.09 Å². The van der Waals surface area contributed by atoms with Gasteiger partial charge in [0.15, 0.2) is 0 Å². The number of cyclic esters (lactones) is 1. The average molecular weight is 213 g/mol. The maximum Gasteiger partial charge on any atom is 0.410 e. The standard InChI is InChI=1S/C10H19N3O2/c1-9(13-6-7-15-10(13)14)8-12-4-2-11-3-5-12/h9,11H,2-8H2,1H3. The van der Waals surface area contributed by atoms with Gasteiger partial charge in [-0.25, -0.2) is 4.79 Å². The molecular formula is C10H19N3O2. The first-order valence-corrected chi connectivity index (χ1v) is 5.64. The van der Waals surface area contributed by atoms with E-state index in [1.807, 2.05) is 4.90 Å². The summed E-state index contributed by atoms with van der Waals surface area (Å²) < 4.78 is 4.93. The number of piperazine rings is 1. The molecule has 2 saturated heterocycles. The second-order valence-electron chi connectivity index (χ2n) is 4.21. The number of hydrogen-bond donors (Lipinski definition) is 1. The molecule has 0 saturated carbocycles. The summed E-state index contributed by atoms with van der Waals surface area (Å²) in [5, 5.41) is 3.32. The highest BCUT2D eigenvalue weighted by Crippen LogP contribution is 2.10. The van der Waals surface area contributed by atoms with Gasteiger partial charge in [-0.1, -0.05) is 0 Å². The zero-order valence-electron chi connectivity index (χ0n) is 9.24. The van der Waals surface area contributed by atoms with Gasteiger partial charge in [0.2, 0.25) is 0 Å². The Bertz CT molecular complexity index is 229. The summed E-state index contributed by atoms with van der Waals surface area (Å²) in [7, 11) is 0. The van der Waals surface area contributed by atoms with Crippen LogP contribution < -0.4 is 5.32 Å². The first-order chi connectivity index (χ1) is 7.27. The normalized spacial score (nSPS) is 25.4. The van der Waals surface area contributed by atoms with E-state index in [0.29, 0.717) is 6.61 Å². The van der Waals surface area contributed by atoms with Gasteiger partial charge in [-0.2, -0.15) is 0 Å². The van der Waals surface area contributed by atoms with Crippen molar-refractivity contribution in [1.29, 1.82) is 0 Å². The first kappa shape index (κ1) is 10.7. The van der Waals surface area contributed by atoms with E-state index in [1.165, 1.54) is 0 Å². The van der Waals surface area contributed by atoms with E-state index in [2.05, 4.69) is 17.1 Å². The summed E-state index contributed by atoms with van der Waals surface area (Å²) in [5.74, 6) is 0. The Labute approximate surface area is 90.4 Å². The highest BCUT2D eigenvalue weighted by molar-refractivity contribution is 5.69. The average Bonchev–Trinajstić information content (AvgIpc) is 2.66. The summed E-state index contributed by atoms with van der Waals surface area (Å²) in [6, 6.07) is 0.262. The van der Waals surface area contributed by atoms with E-state index in [4.69, 9.17) is 4.74 Å². The molecule has 0 bridgehead atoms. The van der Waals surface area contributed by atoms with E-state index < -0.39 is 0 Å². The van der Waals surface area contributed by atoms with Crippen molar-refractivity contribution in [3.05, 3.63) is 0 Å². The number of nitrogens with one attached hydrogen (secondary N) is 1. The summed E-state index contributed by atoms with van der Waals surface area (Å²) in [5.41, 5.74) is 0. The molecule has 0 aromatic heterocycles. The Morgan fingerprint density at radius 2 is 2.13 bits per heavy atom. The Morgan fingerprint density at radius 1 is 1.40 bits per heavy atom. The first-order valence-electron chi connectivity index (χ1n) is 5.64. The molecule has 0 spiro atoms. The lowest BCUT2D eigenvalue weighted by Gasteiger charge is -2.32. The Morgan fingerprint density at radius 3 is 2.73 bits per heavy atom. The molecule has 1 atom stereocenters. The summed E-state index contributed by atoms with van der Waals surface area (Å²) in [6.45, 7) is 8.59. The predicted octanol–water partition coefficient (Wildman–Crippen LogP) is -0.268. The van der Waals surface area contributed by atoms with Crippen LogP contribution in [0.15, 0.2) is 0 Å². The lowest BCUT2D eigenvalue weighted by molar-refractivity contribution is 0.134. The maximum atomic E-state index is 11.3. The van der Waals surface area contributed by atoms with Gasteiger partial charge < -0.3 is 15.0 Å². The van der Waals surface area contributed by atoms with Crippen molar-refractivity contribution in [2.75, 3.05) is 45.9 Å². The van der Waals surface area contributed by atoms with Gasteiger partial charge >= 0.3 is 6.09 Å². The Hall–Kier alpha value is -0.810. The van der Waals surface area contributed by atoms with Crippen molar-refractivity contribution in [3.8, 4) is 0 Å². The van der Waals surface area contributed by atoms with Crippen molar-refractivity contribution in [1.82, 2.24) is 15.1 Å². The van der Waals surface area contributed by atoms with Gasteiger partial charge in [0.25, 0.3) is 0 Å². The van der Waals surface area contributed by atoms with Crippen LogP contribution in [-0.4, -0.2) is 67.8 Å². The summed E-state index contributed by atoms with van der Waals surface area (Å²) >= 11 is 0. The summed E-state index contributed by atoms with van der Waals surface area (Å²) in [4.78, 5) is 15.5. The van der Waals surface area contributed by atoms with E-state index in [1.54, 1.807) is 0 Å². The van der Waals surface area contributed by atoms with Crippen molar-refractivity contribution < 1.29 is 9.53 Å². The van der Waals surface area contributed by atoms with Crippen LogP contribution in [0.2, 0.25) is 0 Å². The quantitative estimate of drug-likeness (QED) is 0.701. The molecule has 15 heavy (non-hydrogen) atoms. The van der Waals surface area contributed by atoms with E-state index >= 15 is 0 Å².